The molecule has 0 fully saturated rings. The molecule has 0 atom stereocenters. The number of nitrogen functional groups attached to an aromatic ring is 2. The van der Waals surface area contributed by atoms with Gasteiger partial charge in [-0.1, -0.05) is 0 Å². The molecule has 1 amide bonds. The van der Waals surface area contributed by atoms with Crippen LogP contribution >= 0.6 is 0 Å². The van der Waals surface area contributed by atoms with Crippen LogP contribution in [0.5, 0.6) is 0 Å². The van der Waals surface area contributed by atoms with Crippen molar-refractivity contribution in [2.75, 3.05) is 16.8 Å². The van der Waals surface area contributed by atoms with Gasteiger partial charge in [-0.2, -0.15) is 0 Å². The summed E-state index contributed by atoms with van der Waals surface area (Å²) in [6, 6.07) is 10.5. The highest BCUT2D eigenvalue weighted by atomic mass is 16.1. The minimum Gasteiger partial charge on any atom is -0.399 e. The highest BCUT2D eigenvalue weighted by Gasteiger charge is 2.10. The summed E-state index contributed by atoms with van der Waals surface area (Å²) in [5, 5.41) is 2.91. The maximum atomic E-state index is 12.1. The maximum Gasteiger partial charge on any atom is 0.255 e. The predicted molar refractivity (Wildman–Crippen MR) is 79.1 cm³/mol. The topological polar surface area (TPSA) is 81.1 Å². The minimum absolute atomic E-state index is 0.157. The first-order chi connectivity index (χ1) is 8.97. The zero-order valence-corrected chi connectivity index (χ0v) is 11.0. The number of aryl methyl sites for hydroxylation is 2. The smallest absolute Gasteiger partial charge is 0.255 e. The van der Waals surface area contributed by atoms with Crippen LogP contribution in [0.3, 0.4) is 0 Å². The molecular formula is C15H17N3O. The molecule has 0 spiro atoms. The molecule has 98 valence electrons. The molecule has 0 aliphatic rings. The number of hydrogen-bond donors (Lipinski definition) is 3. The lowest BCUT2D eigenvalue weighted by Gasteiger charge is -2.12. The Morgan fingerprint density at radius 3 is 2.00 bits per heavy atom. The van der Waals surface area contributed by atoms with Crippen LogP contribution in [0, 0.1) is 13.8 Å². The van der Waals surface area contributed by atoms with Crippen LogP contribution in [0.2, 0.25) is 0 Å². The van der Waals surface area contributed by atoms with Gasteiger partial charge in [-0.3, -0.25) is 4.79 Å². The number of amides is 1. The predicted octanol–water partition coefficient (Wildman–Crippen LogP) is 2.72. The van der Waals surface area contributed by atoms with Crippen LogP contribution in [0.15, 0.2) is 36.4 Å². The number of nitrogens with two attached hydrogens (primary N) is 2. The molecule has 2 aromatic rings. The number of carbonyl (C=O) groups is 1. The minimum atomic E-state index is -0.157. The van der Waals surface area contributed by atoms with Gasteiger partial charge in [0, 0.05) is 22.6 Å². The van der Waals surface area contributed by atoms with Gasteiger partial charge in [-0.25, -0.2) is 0 Å². The number of nitrogens with one attached hydrogen (secondary N) is 1. The molecule has 0 unspecified atom stereocenters. The Labute approximate surface area is 112 Å². The summed E-state index contributed by atoms with van der Waals surface area (Å²) in [4.78, 5) is 12.1. The number of benzene rings is 2. The lowest BCUT2D eigenvalue weighted by Crippen LogP contribution is -2.14. The lowest BCUT2D eigenvalue weighted by molar-refractivity contribution is 0.102. The highest BCUT2D eigenvalue weighted by Crippen LogP contribution is 2.24. The van der Waals surface area contributed by atoms with E-state index in [2.05, 4.69) is 5.32 Å². The van der Waals surface area contributed by atoms with Crippen molar-refractivity contribution in [2.45, 2.75) is 13.8 Å². The molecule has 0 saturated heterocycles. The van der Waals surface area contributed by atoms with Crippen LogP contribution in [-0.2, 0) is 0 Å². The standard InChI is InChI=1S/C15H17N3O/c1-9-7-13(17)8-10(2)14(9)18-15(19)11-3-5-12(16)6-4-11/h3-8H,16-17H2,1-2H3,(H,18,19). The van der Waals surface area contributed by atoms with Crippen molar-refractivity contribution in [3.63, 3.8) is 0 Å². The fourth-order valence-electron chi connectivity index (χ4n) is 2.01. The van der Waals surface area contributed by atoms with Crippen LogP contribution in [0.25, 0.3) is 0 Å². The first-order valence-corrected chi connectivity index (χ1v) is 6.01. The van der Waals surface area contributed by atoms with E-state index in [0.29, 0.717) is 16.9 Å². The van der Waals surface area contributed by atoms with Crippen molar-refractivity contribution < 1.29 is 4.79 Å². The number of anilines is 3. The van der Waals surface area contributed by atoms with Gasteiger partial charge in [-0.05, 0) is 61.4 Å². The van der Waals surface area contributed by atoms with Gasteiger partial charge < -0.3 is 16.8 Å². The molecule has 0 aliphatic carbocycles. The van der Waals surface area contributed by atoms with Crippen molar-refractivity contribution >= 4 is 23.0 Å². The van der Waals surface area contributed by atoms with Gasteiger partial charge in [0.15, 0.2) is 0 Å². The van der Waals surface area contributed by atoms with Gasteiger partial charge in [0.25, 0.3) is 5.91 Å². The summed E-state index contributed by atoms with van der Waals surface area (Å²) < 4.78 is 0. The second-order valence-corrected chi connectivity index (χ2v) is 4.61. The normalized spacial score (nSPS) is 10.2. The summed E-state index contributed by atoms with van der Waals surface area (Å²) in [7, 11) is 0. The highest BCUT2D eigenvalue weighted by molar-refractivity contribution is 6.05. The van der Waals surface area contributed by atoms with E-state index in [4.69, 9.17) is 11.5 Å². The average Bonchev–Trinajstić information content (AvgIpc) is 2.34. The average molecular weight is 255 g/mol. The Morgan fingerprint density at radius 2 is 1.47 bits per heavy atom. The fraction of sp³-hybridized carbons (Fsp3) is 0.133. The molecule has 19 heavy (non-hydrogen) atoms. The lowest BCUT2D eigenvalue weighted by atomic mass is 10.1. The van der Waals surface area contributed by atoms with Gasteiger partial charge in [0.05, 0.1) is 0 Å². The molecule has 0 aliphatic heterocycles. The molecule has 0 heterocycles. The molecule has 0 saturated carbocycles. The molecule has 0 bridgehead atoms. The SMILES string of the molecule is Cc1cc(N)cc(C)c1NC(=O)c1ccc(N)cc1. The van der Waals surface area contributed by atoms with Crippen LogP contribution < -0.4 is 16.8 Å². The molecular weight excluding hydrogens is 238 g/mol. The molecule has 4 heteroatoms. The number of rotatable bonds is 2. The van der Waals surface area contributed by atoms with Crippen molar-refractivity contribution in [3.05, 3.63) is 53.1 Å². The van der Waals surface area contributed by atoms with Crippen molar-refractivity contribution in [1.29, 1.82) is 0 Å². The fourth-order valence-corrected chi connectivity index (χ4v) is 2.01. The van der Waals surface area contributed by atoms with Crippen LogP contribution in [0.1, 0.15) is 21.5 Å². The quantitative estimate of drug-likeness (QED) is 0.722. The Hall–Kier alpha value is -2.49. The van der Waals surface area contributed by atoms with Gasteiger partial charge in [-0.15, -0.1) is 0 Å². The van der Waals surface area contributed by atoms with Crippen LogP contribution in [0.4, 0.5) is 17.1 Å². The molecule has 0 radical (unpaired) electrons. The number of hydrogen-bond acceptors (Lipinski definition) is 3. The van der Waals surface area contributed by atoms with E-state index in [9.17, 15) is 4.79 Å². The Balaban J connectivity index is 2.26. The third-order valence-electron chi connectivity index (χ3n) is 2.97. The maximum absolute atomic E-state index is 12.1. The van der Waals surface area contributed by atoms with Gasteiger partial charge in [0.1, 0.15) is 0 Å². The molecule has 2 rings (SSSR count). The van der Waals surface area contributed by atoms with Crippen molar-refractivity contribution in [2.24, 2.45) is 0 Å². The largest absolute Gasteiger partial charge is 0.399 e. The third kappa shape index (κ3) is 2.85. The molecule has 0 aromatic heterocycles. The van der Waals surface area contributed by atoms with Crippen LogP contribution in [-0.4, -0.2) is 5.91 Å². The third-order valence-corrected chi connectivity index (χ3v) is 2.97. The van der Waals surface area contributed by atoms with Crippen molar-refractivity contribution in [1.82, 2.24) is 0 Å². The zero-order chi connectivity index (χ0) is 14.0. The monoisotopic (exact) mass is 255 g/mol. The summed E-state index contributed by atoms with van der Waals surface area (Å²) >= 11 is 0. The molecule has 4 nitrogen and oxygen atoms in total. The zero-order valence-electron chi connectivity index (χ0n) is 11.0. The van der Waals surface area contributed by atoms with Crippen molar-refractivity contribution in [3.8, 4) is 0 Å². The second-order valence-electron chi connectivity index (χ2n) is 4.61. The summed E-state index contributed by atoms with van der Waals surface area (Å²) in [6.07, 6.45) is 0. The first-order valence-electron chi connectivity index (χ1n) is 6.01. The van der Waals surface area contributed by atoms with E-state index in [1.165, 1.54) is 0 Å². The summed E-state index contributed by atoms with van der Waals surface area (Å²) in [5.41, 5.74) is 16.0. The van der Waals surface area contributed by atoms with E-state index < -0.39 is 0 Å². The summed E-state index contributed by atoms with van der Waals surface area (Å²) in [6.45, 7) is 3.84. The van der Waals surface area contributed by atoms with E-state index in [1.807, 2.05) is 26.0 Å². The Morgan fingerprint density at radius 1 is 0.947 bits per heavy atom. The molecule has 2 aromatic carbocycles. The van der Waals surface area contributed by atoms with Gasteiger partial charge in [0.2, 0.25) is 0 Å². The van der Waals surface area contributed by atoms with Gasteiger partial charge >= 0.3 is 0 Å². The number of carbonyl (C=O) groups excluding carboxylic acids is 1. The van der Waals surface area contributed by atoms with E-state index >= 15 is 0 Å². The Kier molecular flexibility index (Phi) is 3.42. The summed E-state index contributed by atoms with van der Waals surface area (Å²) in [5.74, 6) is -0.157. The van der Waals surface area contributed by atoms with E-state index in [-0.39, 0.29) is 5.91 Å². The first kappa shape index (κ1) is 13.0. The Bertz CT molecular complexity index is 595. The van der Waals surface area contributed by atoms with E-state index in [1.54, 1.807) is 24.3 Å². The molecule has 5 N–H and O–H groups in total. The van der Waals surface area contributed by atoms with E-state index in [0.717, 1.165) is 16.8 Å². The second kappa shape index (κ2) is 5.02.